The molecule has 0 bridgehead atoms. The second kappa shape index (κ2) is 7.81. The summed E-state index contributed by atoms with van der Waals surface area (Å²) in [6.45, 7) is 10.4. The molecule has 1 N–H and O–H groups in total. The van der Waals surface area contributed by atoms with E-state index in [1.165, 1.54) is 25.1 Å². The third-order valence-corrected chi connectivity index (χ3v) is 4.63. The second-order valence-corrected chi connectivity index (χ2v) is 6.39. The Labute approximate surface area is 129 Å². The molecule has 2 unspecified atom stereocenters. The average molecular weight is 290 g/mol. The van der Waals surface area contributed by atoms with Gasteiger partial charge in [-0.25, -0.2) is 0 Å². The van der Waals surface area contributed by atoms with Gasteiger partial charge in [0.15, 0.2) is 0 Å². The van der Waals surface area contributed by atoms with Crippen LogP contribution in [0.1, 0.15) is 45.2 Å². The molecular formula is C18H30N2O. The van der Waals surface area contributed by atoms with Crippen molar-refractivity contribution >= 4 is 0 Å². The topological polar surface area (TPSA) is 24.5 Å². The third kappa shape index (κ3) is 4.45. The first-order chi connectivity index (χ1) is 10.1. The van der Waals surface area contributed by atoms with E-state index in [4.69, 9.17) is 4.74 Å². The van der Waals surface area contributed by atoms with E-state index in [2.05, 4.69) is 55.3 Å². The molecule has 0 spiro atoms. The lowest BCUT2D eigenvalue weighted by Gasteiger charge is -2.22. The summed E-state index contributed by atoms with van der Waals surface area (Å²) in [5, 5.41) is 3.76. The van der Waals surface area contributed by atoms with Crippen LogP contribution in [0.2, 0.25) is 0 Å². The quantitative estimate of drug-likeness (QED) is 0.832. The predicted molar refractivity (Wildman–Crippen MR) is 88.8 cm³/mol. The molecule has 1 heterocycles. The van der Waals surface area contributed by atoms with Gasteiger partial charge in [0.05, 0.1) is 7.11 Å². The van der Waals surface area contributed by atoms with E-state index >= 15 is 0 Å². The summed E-state index contributed by atoms with van der Waals surface area (Å²) in [5.41, 5.74) is 1.36. The standard InChI is InChI=1S/C18H30N2O/c1-5-18(16-6-8-17(21-4)9-7-16)19-12-15-10-11-20(13-15)14(2)3/h6-9,14-15,18-19H,5,10-13H2,1-4H3. The predicted octanol–water partition coefficient (Wildman–Crippen LogP) is 3.47. The van der Waals surface area contributed by atoms with Gasteiger partial charge >= 0.3 is 0 Å². The smallest absolute Gasteiger partial charge is 0.118 e. The van der Waals surface area contributed by atoms with Gasteiger partial charge < -0.3 is 15.0 Å². The molecule has 2 rings (SSSR count). The number of methoxy groups -OCH3 is 1. The first-order valence-corrected chi connectivity index (χ1v) is 8.25. The summed E-state index contributed by atoms with van der Waals surface area (Å²) in [5.74, 6) is 1.72. The van der Waals surface area contributed by atoms with Gasteiger partial charge in [-0.05, 0) is 63.4 Å². The van der Waals surface area contributed by atoms with Crippen LogP contribution in [0.5, 0.6) is 5.75 Å². The molecule has 0 radical (unpaired) electrons. The summed E-state index contributed by atoms with van der Waals surface area (Å²) in [6, 6.07) is 9.58. The Hall–Kier alpha value is -1.06. The van der Waals surface area contributed by atoms with Crippen molar-refractivity contribution in [3.8, 4) is 5.75 Å². The monoisotopic (exact) mass is 290 g/mol. The Morgan fingerprint density at radius 2 is 2.00 bits per heavy atom. The van der Waals surface area contributed by atoms with Gasteiger partial charge in [0, 0.05) is 18.6 Å². The lowest BCUT2D eigenvalue weighted by Crippen LogP contribution is -2.31. The molecule has 1 fully saturated rings. The molecule has 0 aliphatic carbocycles. The highest BCUT2D eigenvalue weighted by molar-refractivity contribution is 5.29. The maximum absolute atomic E-state index is 5.23. The minimum Gasteiger partial charge on any atom is -0.497 e. The van der Waals surface area contributed by atoms with Crippen LogP contribution in [0.25, 0.3) is 0 Å². The molecule has 1 aliphatic heterocycles. The normalized spacial score (nSPS) is 20.9. The molecule has 2 atom stereocenters. The van der Waals surface area contributed by atoms with Crippen LogP contribution < -0.4 is 10.1 Å². The van der Waals surface area contributed by atoms with Gasteiger partial charge in [-0.15, -0.1) is 0 Å². The summed E-state index contributed by atoms with van der Waals surface area (Å²) in [7, 11) is 1.71. The van der Waals surface area contributed by atoms with Gasteiger partial charge in [-0.2, -0.15) is 0 Å². The average Bonchev–Trinajstić information content (AvgIpc) is 2.98. The fraction of sp³-hybridized carbons (Fsp3) is 0.667. The van der Waals surface area contributed by atoms with Crippen molar-refractivity contribution in [2.45, 2.75) is 45.7 Å². The van der Waals surface area contributed by atoms with Crippen LogP contribution in [-0.4, -0.2) is 37.7 Å². The van der Waals surface area contributed by atoms with Gasteiger partial charge in [0.2, 0.25) is 0 Å². The molecule has 1 aromatic rings. The van der Waals surface area contributed by atoms with Gasteiger partial charge in [-0.3, -0.25) is 0 Å². The van der Waals surface area contributed by atoms with Crippen molar-refractivity contribution in [1.82, 2.24) is 10.2 Å². The zero-order chi connectivity index (χ0) is 15.2. The fourth-order valence-electron chi connectivity index (χ4n) is 3.14. The largest absolute Gasteiger partial charge is 0.497 e. The fourth-order valence-corrected chi connectivity index (χ4v) is 3.14. The van der Waals surface area contributed by atoms with Gasteiger partial charge in [0.25, 0.3) is 0 Å². The number of hydrogen-bond acceptors (Lipinski definition) is 3. The van der Waals surface area contributed by atoms with Crippen molar-refractivity contribution in [3.63, 3.8) is 0 Å². The number of hydrogen-bond donors (Lipinski definition) is 1. The van der Waals surface area contributed by atoms with E-state index in [1.54, 1.807) is 7.11 Å². The maximum atomic E-state index is 5.23. The van der Waals surface area contributed by atoms with E-state index in [9.17, 15) is 0 Å². The Bertz CT molecular complexity index is 416. The number of ether oxygens (including phenoxy) is 1. The minimum atomic E-state index is 0.448. The SMILES string of the molecule is CCC(NCC1CCN(C(C)C)C1)c1ccc(OC)cc1. The first kappa shape index (κ1) is 16.3. The van der Waals surface area contributed by atoms with E-state index in [-0.39, 0.29) is 0 Å². The number of rotatable bonds is 7. The molecule has 0 aromatic heterocycles. The highest BCUT2D eigenvalue weighted by atomic mass is 16.5. The van der Waals surface area contributed by atoms with E-state index in [0.717, 1.165) is 24.6 Å². The summed E-state index contributed by atoms with van der Waals surface area (Å²) in [6.07, 6.45) is 2.44. The van der Waals surface area contributed by atoms with Crippen molar-refractivity contribution in [1.29, 1.82) is 0 Å². The zero-order valence-electron chi connectivity index (χ0n) is 13.9. The Balaban J connectivity index is 1.85. The van der Waals surface area contributed by atoms with Crippen LogP contribution in [0, 0.1) is 5.92 Å². The molecule has 0 amide bonds. The van der Waals surface area contributed by atoms with Crippen LogP contribution >= 0.6 is 0 Å². The van der Waals surface area contributed by atoms with Gasteiger partial charge in [-0.1, -0.05) is 19.1 Å². The van der Waals surface area contributed by atoms with Crippen LogP contribution in [0.4, 0.5) is 0 Å². The molecular weight excluding hydrogens is 260 g/mol. The lowest BCUT2D eigenvalue weighted by molar-refractivity contribution is 0.262. The van der Waals surface area contributed by atoms with Crippen molar-refractivity contribution in [2.24, 2.45) is 5.92 Å². The number of benzene rings is 1. The van der Waals surface area contributed by atoms with Crippen molar-refractivity contribution < 1.29 is 4.74 Å². The molecule has 3 nitrogen and oxygen atoms in total. The van der Waals surface area contributed by atoms with E-state index < -0.39 is 0 Å². The highest BCUT2D eigenvalue weighted by Crippen LogP contribution is 2.22. The number of likely N-dealkylation sites (tertiary alicyclic amines) is 1. The summed E-state index contributed by atoms with van der Waals surface area (Å²) < 4.78 is 5.23. The highest BCUT2D eigenvalue weighted by Gasteiger charge is 2.24. The third-order valence-electron chi connectivity index (χ3n) is 4.63. The van der Waals surface area contributed by atoms with E-state index in [1.807, 2.05) is 0 Å². The Morgan fingerprint density at radius 1 is 1.29 bits per heavy atom. The molecule has 0 saturated carbocycles. The molecule has 118 valence electrons. The molecule has 3 heteroatoms. The molecule has 21 heavy (non-hydrogen) atoms. The molecule has 1 saturated heterocycles. The Morgan fingerprint density at radius 3 is 2.52 bits per heavy atom. The van der Waals surface area contributed by atoms with Crippen molar-refractivity contribution in [2.75, 3.05) is 26.7 Å². The first-order valence-electron chi connectivity index (χ1n) is 8.25. The lowest BCUT2D eigenvalue weighted by atomic mass is 10.0. The van der Waals surface area contributed by atoms with Crippen LogP contribution in [0.15, 0.2) is 24.3 Å². The van der Waals surface area contributed by atoms with Crippen LogP contribution in [0.3, 0.4) is 0 Å². The number of nitrogens with zero attached hydrogens (tertiary/aromatic N) is 1. The van der Waals surface area contributed by atoms with Crippen molar-refractivity contribution in [3.05, 3.63) is 29.8 Å². The molecule has 1 aromatic carbocycles. The Kier molecular flexibility index (Phi) is 6.07. The summed E-state index contributed by atoms with van der Waals surface area (Å²) >= 11 is 0. The maximum Gasteiger partial charge on any atom is 0.118 e. The second-order valence-electron chi connectivity index (χ2n) is 6.39. The van der Waals surface area contributed by atoms with E-state index in [0.29, 0.717) is 12.1 Å². The minimum absolute atomic E-state index is 0.448. The van der Waals surface area contributed by atoms with Crippen LogP contribution in [-0.2, 0) is 0 Å². The zero-order valence-corrected chi connectivity index (χ0v) is 13.9. The summed E-state index contributed by atoms with van der Waals surface area (Å²) in [4.78, 5) is 2.58. The van der Waals surface area contributed by atoms with Gasteiger partial charge in [0.1, 0.15) is 5.75 Å². The number of nitrogens with one attached hydrogen (secondary N) is 1. The molecule has 1 aliphatic rings.